The molecule has 27 heavy (non-hydrogen) atoms. The van der Waals surface area contributed by atoms with Crippen LogP contribution in [0.1, 0.15) is 25.5 Å². The molecule has 0 bridgehead atoms. The van der Waals surface area contributed by atoms with Gasteiger partial charge in [0.1, 0.15) is 6.07 Å². The van der Waals surface area contributed by atoms with Crippen LogP contribution in [-0.4, -0.2) is 21.1 Å². The number of nitrogens with one attached hydrogen (secondary N) is 1. The fraction of sp³-hybridized carbons (Fsp3) is 0.235. The van der Waals surface area contributed by atoms with Gasteiger partial charge in [0.2, 0.25) is 0 Å². The Bertz CT molecular complexity index is 1040. The van der Waals surface area contributed by atoms with E-state index in [4.69, 9.17) is 28.5 Å². The monoisotopic (exact) mass is 407 g/mol. The van der Waals surface area contributed by atoms with Gasteiger partial charge in [0.05, 0.1) is 12.2 Å². The first-order valence-corrected chi connectivity index (χ1v) is 8.53. The summed E-state index contributed by atoms with van der Waals surface area (Å²) in [5.41, 5.74) is 2.15. The summed E-state index contributed by atoms with van der Waals surface area (Å²) in [6.45, 7) is 3.54. The van der Waals surface area contributed by atoms with E-state index in [1.807, 2.05) is 0 Å². The molecule has 8 nitrogen and oxygen atoms in total. The summed E-state index contributed by atoms with van der Waals surface area (Å²) >= 11 is 12.5. The van der Waals surface area contributed by atoms with E-state index in [9.17, 15) is 14.4 Å². The molecule has 0 radical (unpaired) electrons. The number of anilines is 1. The summed E-state index contributed by atoms with van der Waals surface area (Å²) in [7, 11) is 0. The number of carbonyl (C=O) groups is 1. The van der Waals surface area contributed by atoms with Crippen LogP contribution in [0, 0.1) is 11.3 Å². The summed E-state index contributed by atoms with van der Waals surface area (Å²) < 4.78 is 2.47. The van der Waals surface area contributed by atoms with Gasteiger partial charge in [-0.2, -0.15) is 10.4 Å². The molecule has 0 aliphatic heterocycles. The summed E-state index contributed by atoms with van der Waals surface area (Å²) in [6.07, 6.45) is 1.69. The fourth-order valence-corrected chi connectivity index (χ4v) is 2.92. The third-order valence-corrected chi connectivity index (χ3v) is 4.28. The van der Waals surface area contributed by atoms with Crippen LogP contribution in [-0.2, 0) is 11.3 Å². The van der Waals surface area contributed by atoms with E-state index >= 15 is 0 Å². The molecule has 0 unspecified atom stereocenters. The van der Waals surface area contributed by atoms with Crippen molar-refractivity contribution in [1.82, 2.24) is 9.13 Å². The highest BCUT2D eigenvalue weighted by Gasteiger charge is 2.13. The van der Waals surface area contributed by atoms with Crippen LogP contribution < -0.4 is 16.7 Å². The van der Waals surface area contributed by atoms with Crippen LogP contribution in [0.25, 0.3) is 0 Å². The molecule has 0 amide bonds. The molecule has 0 atom stereocenters. The van der Waals surface area contributed by atoms with Gasteiger partial charge < -0.3 is 0 Å². The van der Waals surface area contributed by atoms with Crippen LogP contribution in [0.3, 0.4) is 0 Å². The molecule has 0 aliphatic rings. The number of hydrazone groups is 1. The minimum atomic E-state index is -0.471. The second-order valence-corrected chi connectivity index (χ2v) is 6.60. The van der Waals surface area contributed by atoms with Crippen molar-refractivity contribution in [3.05, 3.63) is 60.8 Å². The van der Waals surface area contributed by atoms with Crippen molar-refractivity contribution in [3.63, 3.8) is 0 Å². The molecule has 0 fully saturated rings. The Morgan fingerprint density at radius 2 is 1.96 bits per heavy atom. The topological polar surface area (TPSA) is 109 Å². The van der Waals surface area contributed by atoms with E-state index in [2.05, 4.69) is 10.5 Å². The predicted octanol–water partition coefficient (Wildman–Crippen LogP) is 2.44. The number of carbonyl (C=O) groups excluding carboxylic acids is 1. The lowest BCUT2D eigenvalue weighted by Crippen LogP contribution is -2.40. The van der Waals surface area contributed by atoms with Crippen LogP contribution in [0.15, 0.2) is 39.1 Å². The molecule has 0 saturated carbocycles. The lowest BCUT2D eigenvalue weighted by atomic mass is 10.2. The molecule has 1 heterocycles. The Labute approximate surface area is 164 Å². The van der Waals surface area contributed by atoms with E-state index in [-0.39, 0.29) is 33.9 Å². The highest BCUT2D eigenvalue weighted by molar-refractivity contribution is 6.37. The van der Waals surface area contributed by atoms with Crippen molar-refractivity contribution in [2.75, 3.05) is 5.43 Å². The van der Waals surface area contributed by atoms with Gasteiger partial charge in [0, 0.05) is 33.9 Å². The molecule has 0 spiro atoms. The number of aldehydes is 1. The molecule has 2 aromatic rings. The zero-order chi connectivity index (χ0) is 20.1. The number of nitrogens with zero attached hydrogens (tertiary/aromatic N) is 4. The zero-order valence-corrected chi connectivity index (χ0v) is 16.0. The maximum absolute atomic E-state index is 12.5. The normalized spacial score (nSPS) is 11.3. The van der Waals surface area contributed by atoms with Gasteiger partial charge in [-0.3, -0.25) is 24.1 Å². The molecule has 0 aliphatic carbocycles. The highest BCUT2D eigenvalue weighted by Crippen LogP contribution is 2.29. The van der Waals surface area contributed by atoms with Crippen LogP contribution in [0.2, 0.25) is 10.0 Å². The quantitative estimate of drug-likeness (QED) is 0.449. The summed E-state index contributed by atoms with van der Waals surface area (Å²) in [5.74, 6) is 0. The van der Waals surface area contributed by atoms with Crippen molar-refractivity contribution in [2.24, 2.45) is 5.10 Å². The Morgan fingerprint density at radius 1 is 1.33 bits per heavy atom. The van der Waals surface area contributed by atoms with Gasteiger partial charge in [0.15, 0.2) is 12.0 Å². The Balaban J connectivity index is 2.39. The van der Waals surface area contributed by atoms with Crippen molar-refractivity contribution >= 4 is 40.9 Å². The second-order valence-electron chi connectivity index (χ2n) is 5.79. The maximum atomic E-state index is 12.5. The van der Waals surface area contributed by atoms with Crippen LogP contribution >= 0.6 is 23.2 Å². The van der Waals surface area contributed by atoms with E-state index in [1.54, 1.807) is 19.9 Å². The van der Waals surface area contributed by atoms with Crippen molar-refractivity contribution in [2.45, 2.75) is 26.4 Å². The van der Waals surface area contributed by atoms with E-state index < -0.39 is 5.69 Å². The number of rotatable bonds is 6. The fourth-order valence-electron chi connectivity index (χ4n) is 2.32. The maximum Gasteiger partial charge on any atom is 0.331 e. The van der Waals surface area contributed by atoms with Crippen molar-refractivity contribution in [1.29, 1.82) is 5.26 Å². The molecule has 0 saturated heterocycles. The van der Waals surface area contributed by atoms with Gasteiger partial charge >= 0.3 is 5.69 Å². The van der Waals surface area contributed by atoms with Gasteiger partial charge in [-0.1, -0.05) is 23.2 Å². The third kappa shape index (κ3) is 4.64. The van der Waals surface area contributed by atoms with Gasteiger partial charge in [-0.05, 0) is 26.0 Å². The van der Waals surface area contributed by atoms with Crippen LogP contribution in [0.4, 0.5) is 5.69 Å². The molecule has 1 aromatic heterocycles. The highest BCUT2D eigenvalue weighted by atomic mass is 35.5. The number of nitriles is 1. The molecule has 2 rings (SSSR count). The lowest BCUT2D eigenvalue weighted by molar-refractivity contribution is -0.102. The first-order chi connectivity index (χ1) is 12.8. The molecular formula is C17H15Cl2N5O3. The largest absolute Gasteiger partial charge is 0.331 e. The minimum absolute atomic E-state index is 0.0603. The average molecular weight is 408 g/mol. The number of halogens is 2. The van der Waals surface area contributed by atoms with E-state index in [1.165, 1.54) is 29.0 Å². The molecule has 140 valence electrons. The smallest absolute Gasteiger partial charge is 0.296 e. The SMILES string of the molecule is CC(C)n1c(=O)ccn(Cc2c(Cl)cc(N/N=C(\C#N)C=O)cc2Cl)c1=O. The summed E-state index contributed by atoms with van der Waals surface area (Å²) in [5, 5.41) is 12.8. The summed E-state index contributed by atoms with van der Waals surface area (Å²) in [6, 6.07) is 5.61. The number of hydrogen-bond acceptors (Lipinski definition) is 6. The number of benzene rings is 1. The van der Waals surface area contributed by atoms with Gasteiger partial charge in [0.25, 0.3) is 5.56 Å². The third-order valence-electron chi connectivity index (χ3n) is 3.60. The van der Waals surface area contributed by atoms with Crippen molar-refractivity contribution in [3.8, 4) is 6.07 Å². The Morgan fingerprint density at radius 3 is 2.48 bits per heavy atom. The Hall–Kier alpha value is -2.89. The van der Waals surface area contributed by atoms with Crippen molar-refractivity contribution < 1.29 is 4.79 Å². The Kier molecular flexibility index (Phi) is 6.55. The standard InChI is InChI=1S/C17H15Cl2N5O3/c1-10(2)24-16(26)3-4-23(17(24)27)8-13-14(18)5-11(6-15(13)19)21-22-12(7-20)9-25/h3-6,9-10,21H,8H2,1-2H3/b22-12+. The van der Waals surface area contributed by atoms with Crippen LogP contribution in [0.5, 0.6) is 0 Å². The van der Waals surface area contributed by atoms with E-state index in [0.29, 0.717) is 17.5 Å². The van der Waals surface area contributed by atoms with E-state index in [0.717, 1.165) is 4.57 Å². The number of aromatic nitrogens is 2. The average Bonchev–Trinajstić information content (AvgIpc) is 2.60. The molecular weight excluding hydrogens is 393 g/mol. The van der Waals surface area contributed by atoms with Gasteiger partial charge in [-0.15, -0.1) is 0 Å². The van der Waals surface area contributed by atoms with Gasteiger partial charge in [-0.25, -0.2) is 4.79 Å². The minimum Gasteiger partial charge on any atom is -0.296 e. The lowest BCUT2D eigenvalue weighted by Gasteiger charge is -2.14. The first kappa shape index (κ1) is 20.4. The number of hydrogen-bond donors (Lipinski definition) is 1. The zero-order valence-electron chi connectivity index (χ0n) is 14.4. The molecule has 10 heteroatoms. The first-order valence-electron chi connectivity index (χ1n) is 7.77. The molecule has 1 aromatic carbocycles. The second kappa shape index (κ2) is 8.66. The summed E-state index contributed by atoms with van der Waals surface area (Å²) in [4.78, 5) is 35.0. The molecule has 1 N–H and O–H groups in total. The predicted molar refractivity (Wildman–Crippen MR) is 104 cm³/mol.